The summed E-state index contributed by atoms with van der Waals surface area (Å²) in [6, 6.07) is 0.430. The Morgan fingerprint density at radius 1 is 1.25 bits per heavy atom. The molecule has 0 radical (unpaired) electrons. The number of nitrogens with zero attached hydrogens (tertiary/aromatic N) is 2. The van der Waals surface area contributed by atoms with Crippen LogP contribution in [0, 0.1) is 5.92 Å². The summed E-state index contributed by atoms with van der Waals surface area (Å²) >= 11 is 1.95. The van der Waals surface area contributed by atoms with Crippen molar-refractivity contribution in [3.63, 3.8) is 0 Å². The van der Waals surface area contributed by atoms with Crippen molar-refractivity contribution < 1.29 is 4.79 Å². The van der Waals surface area contributed by atoms with Gasteiger partial charge in [-0.1, -0.05) is 12.2 Å². The SMILES string of the molecule is CC=CCCNC(=NC)NC1CCC(C(=O)N2CCSCC2)CC1. The van der Waals surface area contributed by atoms with Gasteiger partial charge in [0.2, 0.25) is 5.91 Å². The van der Waals surface area contributed by atoms with Crippen molar-refractivity contribution in [3.8, 4) is 0 Å². The van der Waals surface area contributed by atoms with E-state index in [0.717, 1.165) is 69.2 Å². The summed E-state index contributed by atoms with van der Waals surface area (Å²) in [6.07, 6.45) is 9.31. The van der Waals surface area contributed by atoms with Crippen LogP contribution in [0.4, 0.5) is 0 Å². The van der Waals surface area contributed by atoms with Crippen molar-refractivity contribution >= 4 is 23.6 Å². The number of carbonyl (C=O) groups is 1. The zero-order chi connectivity index (χ0) is 17.2. The van der Waals surface area contributed by atoms with Gasteiger partial charge >= 0.3 is 0 Å². The second kappa shape index (κ2) is 10.6. The molecule has 2 fully saturated rings. The molecule has 1 aliphatic carbocycles. The van der Waals surface area contributed by atoms with E-state index in [0.29, 0.717) is 11.9 Å². The van der Waals surface area contributed by atoms with E-state index in [9.17, 15) is 4.79 Å². The van der Waals surface area contributed by atoms with Crippen molar-refractivity contribution in [2.75, 3.05) is 38.2 Å². The van der Waals surface area contributed by atoms with E-state index in [-0.39, 0.29) is 5.92 Å². The van der Waals surface area contributed by atoms with Crippen molar-refractivity contribution in [1.82, 2.24) is 15.5 Å². The molecule has 0 atom stereocenters. The van der Waals surface area contributed by atoms with Crippen molar-refractivity contribution in [1.29, 1.82) is 0 Å². The van der Waals surface area contributed by atoms with Crippen molar-refractivity contribution in [3.05, 3.63) is 12.2 Å². The van der Waals surface area contributed by atoms with Gasteiger partial charge in [-0.2, -0.15) is 11.8 Å². The maximum atomic E-state index is 12.6. The number of thioether (sulfide) groups is 1. The fraction of sp³-hybridized carbons (Fsp3) is 0.778. The number of amides is 1. The molecule has 1 heterocycles. The fourth-order valence-corrected chi connectivity index (χ4v) is 4.26. The number of aliphatic imine (C=N–C) groups is 1. The maximum absolute atomic E-state index is 12.6. The van der Waals surface area contributed by atoms with Gasteiger partial charge in [-0.25, -0.2) is 0 Å². The van der Waals surface area contributed by atoms with E-state index in [1.807, 2.05) is 25.7 Å². The van der Waals surface area contributed by atoms with Gasteiger partial charge in [-0.05, 0) is 39.0 Å². The third-order valence-corrected chi connectivity index (χ3v) is 5.75. The average molecular weight is 353 g/mol. The van der Waals surface area contributed by atoms with Crippen LogP contribution >= 0.6 is 11.8 Å². The summed E-state index contributed by atoms with van der Waals surface area (Å²) in [7, 11) is 1.81. The van der Waals surface area contributed by atoms with Crippen LogP contribution in [0.15, 0.2) is 17.1 Å². The van der Waals surface area contributed by atoms with E-state index < -0.39 is 0 Å². The normalized spacial score (nSPS) is 25.8. The lowest BCUT2D eigenvalue weighted by Gasteiger charge is -2.34. The monoisotopic (exact) mass is 352 g/mol. The number of hydrogen-bond donors (Lipinski definition) is 2. The quantitative estimate of drug-likeness (QED) is 0.345. The van der Waals surface area contributed by atoms with Gasteiger partial charge in [-0.15, -0.1) is 0 Å². The standard InChI is InChI=1S/C18H32N4OS/c1-3-4-5-10-20-18(19-2)21-16-8-6-15(7-9-16)17(23)22-11-13-24-14-12-22/h3-4,15-16H,5-14H2,1-2H3,(H2,19,20,21). The minimum atomic E-state index is 0.232. The lowest BCUT2D eigenvalue weighted by Crippen LogP contribution is -2.47. The number of allylic oxidation sites excluding steroid dienone is 1. The van der Waals surface area contributed by atoms with E-state index in [2.05, 4.69) is 32.7 Å². The van der Waals surface area contributed by atoms with E-state index in [4.69, 9.17) is 0 Å². The minimum absolute atomic E-state index is 0.232. The highest BCUT2D eigenvalue weighted by Gasteiger charge is 2.30. The molecule has 1 saturated heterocycles. The van der Waals surface area contributed by atoms with Gasteiger partial charge in [0.1, 0.15) is 0 Å². The minimum Gasteiger partial charge on any atom is -0.356 e. The largest absolute Gasteiger partial charge is 0.356 e. The van der Waals surface area contributed by atoms with Gasteiger partial charge in [0.05, 0.1) is 0 Å². The molecule has 0 aromatic rings. The van der Waals surface area contributed by atoms with Crippen LogP contribution in [0.5, 0.6) is 0 Å². The van der Waals surface area contributed by atoms with Crippen LogP contribution in [0.25, 0.3) is 0 Å². The molecule has 2 aliphatic rings. The Morgan fingerprint density at radius 3 is 2.58 bits per heavy atom. The Balaban J connectivity index is 1.70. The third-order valence-electron chi connectivity index (χ3n) is 4.80. The molecule has 2 rings (SSSR count). The number of guanidine groups is 1. The molecule has 0 unspecified atom stereocenters. The smallest absolute Gasteiger partial charge is 0.225 e. The summed E-state index contributed by atoms with van der Waals surface area (Å²) in [5, 5.41) is 6.86. The molecule has 0 aromatic carbocycles. The van der Waals surface area contributed by atoms with E-state index in [1.54, 1.807) is 0 Å². The fourth-order valence-electron chi connectivity index (χ4n) is 3.36. The van der Waals surface area contributed by atoms with Crippen LogP contribution in [0.1, 0.15) is 39.0 Å². The highest BCUT2D eigenvalue weighted by molar-refractivity contribution is 7.99. The summed E-state index contributed by atoms with van der Waals surface area (Å²) in [5.41, 5.74) is 0. The summed E-state index contributed by atoms with van der Waals surface area (Å²) in [6.45, 7) is 4.80. The van der Waals surface area contributed by atoms with Crippen LogP contribution in [-0.4, -0.2) is 61.0 Å². The molecule has 1 aliphatic heterocycles. The van der Waals surface area contributed by atoms with E-state index in [1.165, 1.54) is 0 Å². The lowest BCUT2D eigenvalue weighted by atomic mass is 9.85. The van der Waals surface area contributed by atoms with Crippen molar-refractivity contribution in [2.24, 2.45) is 10.9 Å². The third kappa shape index (κ3) is 6.04. The number of carbonyl (C=O) groups excluding carboxylic acids is 1. The molecule has 6 heteroatoms. The van der Waals surface area contributed by atoms with Crippen LogP contribution in [0.3, 0.4) is 0 Å². The summed E-state index contributed by atoms with van der Waals surface area (Å²) in [4.78, 5) is 19.0. The van der Waals surface area contributed by atoms with Gasteiger partial charge in [0, 0.05) is 50.1 Å². The zero-order valence-electron chi connectivity index (χ0n) is 15.1. The molecule has 24 heavy (non-hydrogen) atoms. The highest BCUT2D eigenvalue weighted by atomic mass is 32.2. The van der Waals surface area contributed by atoms with E-state index >= 15 is 0 Å². The number of hydrogen-bond acceptors (Lipinski definition) is 3. The topological polar surface area (TPSA) is 56.7 Å². The predicted octanol–water partition coefficient (Wildman–Crippen LogP) is 2.25. The van der Waals surface area contributed by atoms with Gasteiger partial charge in [0.25, 0.3) is 0 Å². The van der Waals surface area contributed by atoms with Gasteiger partial charge in [-0.3, -0.25) is 9.79 Å². The second-order valence-corrected chi connectivity index (χ2v) is 7.71. The molecule has 1 saturated carbocycles. The Kier molecular flexibility index (Phi) is 8.50. The second-order valence-electron chi connectivity index (χ2n) is 6.49. The lowest BCUT2D eigenvalue weighted by molar-refractivity contribution is -0.136. The molecule has 136 valence electrons. The Bertz CT molecular complexity index is 438. The molecule has 1 amide bonds. The van der Waals surface area contributed by atoms with Crippen molar-refractivity contribution in [2.45, 2.75) is 45.1 Å². The first-order valence-corrected chi connectivity index (χ1v) is 10.3. The molecular weight excluding hydrogens is 320 g/mol. The van der Waals surface area contributed by atoms with Crippen LogP contribution in [-0.2, 0) is 4.79 Å². The Hall–Kier alpha value is -1.17. The highest BCUT2D eigenvalue weighted by Crippen LogP contribution is 2.27. The van der Waals surface area contributed by atoms with Crippen LogP contribution in [0.2, 0.25) is 0 Å². The molecule has 2 N–H and O–H groups in total. The summed E-state index contributed by atoms with van der Waals surface area (Å²) in [5.74, 6) is 3.69. The Morgan fingerprint density at radius 2 is 1.96 bits per heavy atom. The first-order valence-electron chi connectivity index (χ1n) is 9.19. The predicted molar refractivity (Wildman–Crippen MR) is 104 cm³/mol. The number of rotatable bonds is 5. The first-order chi connectivity index (χ1) is 11.7. The molecule has 0 spiro atoms. The molecular formula is C18H32N4OS. The number of nitrogens with one attached hydrogen (secondary N) is 2. The summed E-state index contributed by atoms with van der Waals surface area (Å²) < 4.78 is 0. The average Bonchev–Trinajstić information content (AvgIpc) is 2.65. The Labute approximate surface area is 150 Å². The maximum Gasteiger partial charge on any atom is 0.225 e. The van der Waals surface area contributed by atoms with Crippen LogP contribution < -0.4 is 10.6 Å². The van der Waals surface area contributed by atoms with Gasteiger partial charge in [0.15, 0.2) is 5.96 Å². The molecule has 0 bridgehead atoms. The molecule has 5 nitrogen and oxygen atoms in total. The zero-order valence-corrected chi connectivity index (χ0v) is 15.9. The first kappa shape index (κ1) is 19.2. The van der Waals surface area contributed by atoms with Gasteiger partial charge < -0.3 is 15.5 Å². The molecule has 0 aromatic heterocycles.